The van der Waals surface area contributed by atoms with Gasteiger partial charge in [-0.1, -0.05) is 0 Å². The Bertz CT molecular complexity index is 484. The Balaban J connectivity index is 2.58. The van der Waals surface area contributed by atoms with Crippen LogP contribution < -0.4 is 5.73 Å². The molecule has 0 aliphatic rings. The molecule has 2 rings (SSSR count). The predicted octanol–water partition coefficient (Wildman–Crippen LogP) is 0.637. The van der Waals surface area contributed by atoms with Crippen LogP contribution in [-0.4, -0.2) is 21.1 Å². The highest BCUT2D eigenvalue weighted by atomic mass is 16.1. The van der Waals surface area contributed by atoms with Crippen molar-refractivity contribution in [2.45, 2.75) is 0 Å². The van der Waals surface area contributed by atoms with Crippen molar-refractivity contribution in [3.05, 3.63) is 42.2 Å². The number of carbonyl (C=O) groups is 1. The number of amides is 1. The zero-order valence-corrected chi connectivity index (χ0v) is 7.79. The molecule has 74 valence electrons. The van der Waals surface area contributed by atoms with Crippen molar-refractivity contribution in [1.82, 2.24) is 15.2 Å². The molecule has 2 N–H and O–H groups in total. The first-order valence-corrected chi connectivity index (χ1v) is 4.32. The smallest absolute Gasteiger partial charge is 0.250 e. The summed E-state index contributed by atoms with van der Waals surface area (Å²) >= 11 is 0. The van der Waals surface area contributed by atoms with E-state index < -0.39 is 5.91 Å². The molecule has 0 aromatic carbocycles. The van der Waals surface area contributed by atoms with Crippen molar-refractivity contribution in [1.29, 1.82) is 0 Å². The topological polar surface area (TPSA) is 81.8 Å². The minimum absolute atomic E-state index is 0.345. The molecule has 0 unspecified atom stereocenters. The quantitative estimate of drug-likeness (QED) is 0.771. The molecule has 0 bridgehead atoms. The Labute approximate surface area is 86.0 Å². The Kier molecular flexibility index (Phi) is 2.37. The second kappa shape index (κ2) is 3.83. The van der Waals surface area contributed by atoms with Crippen LogP contribution in [0.25, 0.3) is 11.4 Å². The second-order valence-electron chi connectivity index (χ2n) is 2.87. The van der Waals surface area contributed by atoms with Crippen LogP contribution >= 0.6 is 0 Å². The third-order valence-electron chi connectivity index (χ3n) is 1.89. The lowest BCUT2D eigenvalue weighted by Gasteiger charge is -2.02. The molecule has 0 spiro atoms. The predicted molar refractivity (Wildman–Crippen MR) is 53.8 cm³/mol. The van der Waals surface area contributed by atoms with Gasteiger partial charge < -0.3 is 5.73 Å². The van der Waals surface area contributed by atoms with Crippen LogP contribution in [0.4, 0.5) is 0 Å². The van der Waals surface area contributed by atoms with E-state index in [-0.39, 0.29) is 0 Å². The number of pyridine rings is 1. The molecule has 0 atom stereocenters. The Morgan fingerprint density at radius 3 is 2.67 bits per heavy atom. The molecule has 15 heavy (non-hydrogen) atoms. The van der Waals surface area contributed by atoms with Gasteiger partial charge in [0.15, 0.2) is 0 Å². The minimum Gasteiger partial charge on any atom is -0.366 e. The van der Waals surface area contributed by atoms with Gasteiger partial charge in [-0.15, -0.1) is 5.10 Å². The molecule has 0 radical (unpaired) electrons. The molecular weight excluding hydrogens is 192 g/mol. The summed E-state index contributed by atoms with van der Waals surface area (Å²) in [6.45, 7) is 0. The number of rotatable bonds is 2. The number of nitrogens with zero attached hydrogens (tertiary/aromatic N) is 3. The van der Waals surface area contributed by atoms with Crippen molar-refractivity contribution >= 4 is 5.91 Å². The number of hydrogen-bond donors (Lipinski definition) is 1. The number of nitrogens with two attached hydrogens (primary N) is 1. The number of aromatic nitrogens is 3. The zero-order valence-electron chi connectivity index (χ0n) is 7.79. The first-order valence-electron chi connectivity index (χ1n) is 4.32. The second-order valence-corrected chi connectivity index (χ2v) is 2.87. The standard InChI is InChI=1S/C10H8N4O/c11-10(15)7-3-1-5-12-9(7)8-4-2-6-13-14-8/h1-6H,(H2,11,15). The fraction of sp³-hybridized carbons (Fsp3) is 0. The highest BCUT2D eigenvalue weighted by Gasteiger charge is 2.11. The fourth-order valence-corrected chi connectivity index (χ4v) is 1.24. The molecule has 2 aromatic rings. The molecular formula is C10H8N4O. The fourth-order valence-electron chi connectivity index (χ4n) is 1.24. The Hall–Kier alpha value is -2.30. The van der Waals surface area contributed by atoms with Crippen molar-refractivity contribution in [3.63, 3.8) is 0 Å². The summed E-state index contributed by atoms with van der Waals surface area (Å²) in [6.07, 6.45) is 3.13. The summed E-state index contributed by atoms with van der Waals surface area (Å²) < 4.78 is 0. The third-order valence-corrected chi connectivity index (χ3v) is 1.89. The number of hydrogen-bond acceptors (Lipinski definition) is 4. The summed E-state index contributed by atoms with van der Waals surface area (Å²) in [6, 6.07) is 6.71. The van der Waals surface area contributed by atoms with E-state index in [0.717, 1.165) is 0 Å². The van der Waals surface area contributed by atoms with Crippen molar-refractivity contribution < 1.29 is 4.79 Å². The minimum atomic E-state index is -0.524. The summed E-state index contributed by atoms with van der Waals surface area (Å²) in [5, 5.41) is 7.59. The maximum absolute atomic E-state index is 11.1. The molecule has 1 amide bonds. The van der Waals surface area contributed by atoms with E-state index in [1.807, 2.05) is 0 Å². The van der Waals surface area contributed by atoms with Gasteiger partial charge in [0.25, 0.3) is 5.91 Å². The van der Waals surface area contributed by atoms with Crippen LogP contribution in [0.15, 0.2) is 36.7 Å². The Morgan fingerprint density at radius 2 is 2.00 bits per heavy atom. The first kappa shape index (κ1) is 9.26. The lowest BCUT2D eigenvalue weighted by Crippen LogP contribution is -2.13. The number of primary amides is 1. The van der Waals surface area contributed by atoms with Crippen molar-refractivity contribution in [2.24, 2.45) is 5.73 Å². The molecule has 5 nitrogen and oxygen atoms in total. The third kappa shape index (κ3) is 1.80. The molecule has 0 aliphatic heterocycles. The first-order chi connectivity index (χ1) is 7.29. The lowest BCUT2D eigenvalue weighted by atomic mass is 10.1. The monoisotopic (exact) mass is 200 g/mol. The molecule has 2 aromatic heterocycles. The van der Waals surface area contributed by atoms with Gasteiger partial charge in [0, 0.05) is 12.4 Å². The van der Waals surface area contributed by atoms with E-state index >= 15 is 0 Å². The van der Waals surface area contributed by atoms with Gasteiger partial charge in [0.2, 0.25) is 0 Å². The van der Waals surface area contributed by atoms with Gasteiger partial charge in [-0.05, 0) is 24.3 Å². The van der Waals surface area contributed by atoms with Crippen LogP contribution in [0.1, 0.15) is 10.4 Å². The Morgan fingerprint density at radius 1 is 1.20 bits per heavy atom. The van der Waals surface area contributed by atoms with Crippen LogP contribution in [0, 0.1) is 0 Å². The van der Waals surface area contributed by atoms with E-state index in [1.54, 1.807) is 36.7 Å². The summed E-state index contributed by atoms with van der Waals surface area (Å²) in [5.41, 5.74) is 6.56. The van der Waals surface area contributed by atoms with Gasteiger partial charge >= 0.3 is 0 Å². The maximum Gasteiger partial charge on any atom is 0.250 e. The highest BCUT2D eigenvalue weighted by molar-refractivity contribution is 5.98. The average Bonchev–Trinajstić information content (AvgIpc) is 2.30. The van der Waals surface area contributed by atoms with E-state index in [0.29, 0.717) is 17.0 Å². The van der Waals surface area contributed by atoms with E-state index in [4.69, 9.17) is 5.73 Å². The van der Waals surface area contributed by atoms with Gasteiger partial charge in [0.1, 0.15) is 11.4 Å². The lowest BCUT2D eigenvalue weighted by molar-refractivity contribution is 0.100. The van der Waals surface area contributed by atoms with Crippen LogP contribution in [0.5, 0.6) is 0 Å². The molecule has 0 saturated heterocycles. The van der Waals surface area contributed by atoms with Crippen LogP contribution in [0.2, 0.25) is 0 Å². The summed E-state index contributed by atoms with van der Waals surface area (Å²) in [4.78, 5) is 15.2. The van der Waals surface area contributed by atoms with Crippen molar-refractivity contribution in [3.8, 4) is 11.4 Å². The number of carbonyl (C=O) groups excluding carboxylic acids is 1. The summed E-state index contributed by atoms with van der Waals surface area (Å²) in [5.74, 6) is -0.524. The maximum atomic E-state index is 11.1. The van der Waals surface area contributed by atoms with E-state index in [2.05, 4.69) is 15.2 Å². The van der Waals surface area contributed by atoms with Crippen LogP contribution in [-0.2, 0) is 0 Å². The average molecular weight is 200 g/mol. The molecule has 2 heterocycles. The SMILES string of the molecule is NC(=O)c1cccnc1-c1cccnn1. The van der Waals surface area contributed by atoms with Gasteiger partial charge in [-0.2, -0.15) is 5.10 Å². The zero-order chi connectivity index (χ0) is 10.7. The van der Waals surface area contributed by atoms with Crippen LogP contribution in [0.3, 0.4) is 0 Å². The van der Waals surface area contributed by atoms with Gasteiger partial charge in [-0.25, -0.2) is 0 Å². The summed E-state index contributed by atoms with van der Waals surface area (Å²) in [7, 11) is 0. The van der Waals surface area contributed by atoms with Gasteiger partial charge in [0.05, 0.1) is 5.56 Å². The van der Waals surface area contributed by atoms with E-state index in [1.165, 1.54) is 0 Å². The molecule has 0 saturated carbocycles. The largest absolute Gasteiger partial charge is 0.366 e. The van der Waals surface area contributed by atoms with E-state index in [9.17, 15) is 4.79 Å². The molecule has 0 fully saturated rings. The van der Waals surface area contributed by atoms with Crippen molar-refractivity contribution in [2.75, 3.05) is 0 Å². The molecule has 5 heteroatoms. The molecule has 0 aliphatic carbocycles. The highest BCUT2D eigenvalue weighted by Crippen LogP contribution is 2.16. The normalized spacial score (nSPS) is 9.87. The van der Waals surface area contributed by atoms with Gasteiger partial charge in [-0.3, -0.25) is 9.78 Å².